The summed E-state index contributed by atoms with van der Waals surface area (Å²) < 4.78 is 5.66. The highest BCUT2D eigenvalue weighted by Crippen LogP contribution is 2.31. The highest BCUT2D eigenvalue weighted by molar-refractivity contribution is 6.33. The summed E-state index contributed by atoms with van der Waals surface area (Å²) in [7, 11) is 0. The Morgan fingerprint density at radius 3 is 2.62 bits per heavy atom. The van der Waals surface area contributed by atoms with Gasteiger partial charge in [-0.1, -0.05) is 23.2 Å². The molecule has 2 N–H and O–H groups in total. The van der Waals surface area contributed by atoms with E-state index in [0.29, 0.717) is 5.02 Å². The molecule has 0 aliphatic heterocycles. The third kappa shape index (κ3) is 2.13. The van der Waals surface area contributed by atoms with E-state index < -0.39 is 0 Å². The van der Waals surface area contributed by atoms with E-state index in [4.69, 9.17) is 21.8 Å². The van der Waals surface area contributed by atoms with Gasteiger partial charge in [0, 0.05) is 5.56 Å². The van der Waals surface area contributed by atoms with Crippen LogP contribution < -0.4 is 5.73 Å². The number of aryl methyl sites for hydroxylation is 1. The van der Waals surface area contributed by atoms with Crippen LogP contribution in [-0.4, -0.2) is 0 Å². The summed E-state index contributed by atoms with van der Waals surface area (Å²) >= 11 is 6.13. The van der Waals surface area contributed by atoms with Gasteiger partial charge < -0.3 is 10.2 Å². The normalized spacial score (nSPS) is 12.8. The molecule has 0 amide bonds. The van der Waals surface area contributed by atoms with Crippen LogP contribution in [0, 0.1) is 6.92 Å². The number of halogens is 1. The quantitative estimate of drug-likeness (QED) is 0.857. The molecule has 1 heterocycles. The smallest absolute Gasteiger partial charge is 0.135 e. The zero-order valence-electron chi connectivity index (χ0n) is 9.33. The van der Waals surface area contributed by atoms with Crippen molar-refractivity contribution >= 4 is 11.6 Å². The summed E-state index contributed by atoms with van der Waals surface area (Å²) in [5, 5.41) is 0.691. The number of rotatable bonds is 2. The fraction of sp³-hybridized carbons (Fsp3) is 0.231. The summed E-state index contributed by atoms with van der Waals surface area (Å²) in [5.41, 5.74) is 7.81. The van der Waals surface area contributed by atoms with Crippen molar-refractivity contribution in [3.8, 4) is 11.3 Å². The van der Waals surface area contributed by atoms with Crippen molar-refractivity contribution in [3.63, 3.8) is 0 Å². The molecule has 84 valence electrons. The van der Waals surface area contributed by atoms with Gasteiger partial charge in [0.05, 0.1) is 11.1 Å². The Morgan fingerprint density at radius 1 is 1.25 bits per heavy atom. The first-order valence-electron chi connectivity index (χ1n) is 5.20. The molecule has 2 aromatic rings. The molecular weight excluding hydrogens is 222 g/mol. The number of hydrogen-bond acceptors (Lipinski definition) is 2. The molecule has 1 aromatic heterocycles. The molecule has 0 saturated heterocycles. The topological polar surface area (TPSA) is 39.2 Å². The first-order chi connectivity index (χ1) is 7.58. The number of furan rings is 1. The van der Waals surface area contributed by atoms with E-state index in [2.05, 4.69) is 0 Å². The van der Waals surface area contributed by atoms with E-state index in [0.717, 1.165) is 22.6 Å². The predicted molar refractivity (Wildman–Crippen MR) is 66.5 cm³/mol. The van der Waals surface area contributed by atoms with Crippen LogP contribution in [0.5, 0.6) is 0 Å². The highest BCUT2D eigenvalue weighted by Gasteiger charge is 2.10. The zero-order chi connectivity index (χ0) is 11.7. The first kappa shape index (κ1) is 11.2. The molecule has 0 saturated carbocycles. The lowest BCUT2D eigenvalue weighted by molar-refractivity contribution is 0.491. The molecular formula is C13H14ClNO. The van der Waals surface area contributed by atoms with Crippen LogP contribution in [0.2, 0.25) is 5.02 Å². The highest BCUT2D eigenvalue weighted by atomic mass is 35.5. The molecule has 0 aliphatic carbocycles. The second-order valence-corrected chi connectivity index (χ2v) is 4.38. The van der Waals surface area contributed by atoms with Gasteiger partial charge in [0.2, 0.25) is 0 Å². The lowest BCUT2D eigenvalue weighted by atomic mass is 10.1. The summed E-state index contributed by atoms with van der Waals surface area (Å²) in [6.45, 7) is 3.91. The van der Waals surface area contributed by atoms with Crippen LogP contribution in [0.4, 0.5) is 0 Å². The average Bonchev–Trinajstić information content (AvgIpc) is 2.70. The second kappa shape index (κ2) is 4.32. The standard InChI is InChI=1S/C13H14ClNO/c1-8-3-4-11(14)10(7-8)13-6-5-12(16-13)9(2)15/h3-7,9H,15H2,1-2H3. The van der Waals surface area contributed by atoms with Crippen molar-refractivity contribution in [2.45, 2.75) is 19.9 Å². The van der Waals surface area contributed by atoms with Crippen LogP contribution in [0.3, 0.4) is 0 Å². The molecule has 0 bridgehead atoms. The van der Waals surface area contributed by atoms with Gasteiger partial charge >= 0.3 is 0 Å². The minimum absolute atomic E-state index is 0.0997. The summed E-state index contributed by atoms with van der Waals surface area (Å²) in [4.78, 5) is 0. The number of hydrogen-bond donors (Lipinski definition) is 1. The summed E-state index contributed by atoms with van der Waals surface area (Å²) in [6, 6.07) is 9.54. The second-order valence-electron chi connectivity index (χ2n) is 3.97. The maximum Gasteiger partial charge on any atom is 0.135 e. The maximum atomic E-state index is 6.13. The van der Waals surface area contributed by atoms with Gasteiger partial charge in [-0.2, -0.15) is 0 Å². The van der Waals surface area contributed by atoms with Crippen LogP contribution in [0.25, 0.3) is 11.3 Å². The molecule has 1 aromatic carbocycles. The molecule has 2 nitrogen and oxygen atoms in total. The van der Waals surface area contributed by atoms with Crippen molar-refractivity contribution in [2.24, 2.45) is 5.73 Å². The monoisotopic (exact) mass is 235 g/mol. The number of benzene rings is 1. The fourth-order valence-corrected chi connectivity index (χ4v) is 1.78. The molecule has 16 heavy (non-hydrogen) atoms. The van der Waals surface area contributed by atoms with Crippen LogP contribution in [0.1, 0.15) is 24.3 Å². The Hall–Kier alpha value is -1.25. The Kier molecular flexibility index (Phi) is 3.03. The Balaban J connectivity index is 2.46. The van der Waals surface area contributed by atoms with E-state index in [1.807, 2.05) is 44.2 Å². The SMILES string of the molecule is Cc1ccc(Cl)c(-c2ccc(C(C)N)o2)c1. The van der Waals surface area contributed by atoms with Gasteiger partial charge in [0.15, 0.2) is 0 Å². The molecule has 0 radical (unpaired) electrons. The van der Waals surface area contributed by atoms with E-state index in [9.17, 15) is 0 Å². The fourth-order valence-electron chi connectivity index (χ4n) is 1.57. The summed E-state index contributed by atoms with van der Waals surface area (Å²) in [6.07, 6.45) is 0. The van der Waals surface area contributed by atoms with Gasteiger partial charge in [0.25, 0.3) is 0 Å². The van der Waals surface area contributed by atoms with E-state index in [1.165, 1.54) is 0 Å². The van der Waals surface area contributed by atoms with Crippen LogP contribution in [0.15, 0.2) is 34.7 Å². The van der Waals surface area contributed by atoms with Gasteiger partial charge in [-0.3, -0.25) is 0 Å². The largest absolute Gasteiger partial charge is 0.459 e. The lowest BCUT2D eigenvalue weighted by Crippen LogP contribution is -2.02. The van der Waals surface area contributed by atoms with Crippen LogP contribution in [-0.2, 0) is 0 Å². The zero-order valence-corrected chi connectivity index (χ0v) is 10.1. The first-order valence-corrected chi connectivity index (χ1v) is 5.57. The third-order valence-corrected chi connectivity index (χ3v) is 2.79. The molecule has 0 spiro atoms. The van der Waals surface area contributed by atoms with Crippen molar-refractivity contribution in [1.82, 2.24) is 0 Å². The van der Waals surface area contributed by atoms with Crippen molar-refractivity contribution in [2.75, 3.05) is 0 Å². The molecule has 1 atom stereocenters. The third-order valence-electron chi connectivity index (χ3n) is 2.46. The van der Waals surface area contributed by atoms with E-state index in [-0.39, 0.29) is 6.04 Å². The summed E-state index contributed by atoms with van der Waals surface area (Å²) in [5.74, 6) is 1.54. The van der Waals surface area contributed by atoms with Crippen LogP contribution >= 0.6 is 11.6 Å². The molecule has 1 unspecified atom stereocenters. The van der Waals surface area contributed by atoms with Gasteiger partial charge in [-0.15, -0.1) is 0 Å². The minimum atomic E-state index is -0.0997. The molecule has 0 aliphatic rings. The van der Waals surface area contributed by atoms with Gasteiger partial charge in [-0.05, 0) is 38.1 Å². The van der Waals surface area contributed by atoms with Crippen molar-refractivity contribution in [3.05, 3.63) is 46.7 Å². The Morgan fingerprint density at radius 2 is 2.00 bits per heavy atom. The van der Waals surface area contributed by atoms with Crippen molar-refractivity contribution in [1.29, 1.82) is 0 Å². The van der Waals surface area contributed by atoms with E-state index in [1.54, 1.807) is 0 Å². The van der Waals surface area contributed by atoms with Gasteiger partial charge in [0.1, 0.15) is 11.5 Å². The van der Waals surface area contributed by atoms with Gasteiger partial charge in [-0.25, -0.2) is 0 Å². The minimum Gasteiger partial charge on any atom is -0.459 e. The molecule has 3 heteroatoms. The Labute approximate surface area is 100 Å². The van der Waals surface area contributed by atoms with E-state index >= 15 is 0 Å². The Bertz CT molecular complexity index is 502. The maximum absolute atomic E-state index is 6.13. The number of nitrogens with two attached hydrogens (primary N) is 1. The predicted octanol–water partition coefficient (Wildman–Crippen LogP) is 3.93. The molecule has 2 rings (SSSR count). The van der Waals surface area contributed by atoms with Crippen molar-refractivity contribution < 1.29 is 4.42 Å². The average molecular weight is 236 g/mol. The lowest BCUT2D eigenvalue weighted by Gasteiger charge is -2.03. The molecule has 0 fully saturated rings.